The lowest BCUT2D eigenvalue weighted by molar-refractivity contribution is -0.140. The first-order valence-corrected chi connectivity index (χ1v) is 12.9. The number of amides is 1. The summed E-state index contributed by atoms with van der Waals surface area (Å²) in [6, 6.07) is 8.04. The van der Waals surface area contributed by atoms with Gasteiger partial charge in [0.1, 0.15) is 11.9 Å². The Morgan fingerprint density at radius 1 is 1.17 bits per heavy atom. The molecule has 7 nitrogen and oxygen atoms in total. The van der Waals surface area contributed by atoms with E-state index in [9.17, 15) is 14.7 Å². The van der Waals surface area contributed by atoms with Crippen molar-refractivity contribution in [2.24, 2.45) is 11.8 Å². The number of aliphatic carboxylic acids is 1. The number of pyridine rings is 1. The van der Waals surface area contributed by atoms with Gasteiger partial charge in [-0.25, -0.2) is 9.78 Å². The summed E-state index contributed by atoms with van der Waals surface area (Å²) in [6.07, 6.45) is 6.22. The van der Waals surface area contributed by atoms with Gasteiger partial charge in [-0.2, -0.15) is 0 Å². The maximum atomic E-state index is 12.6. The number of anilines is 1. The quantitative estimate of drug-likeness (QED) is 0.361. The van der Waals surface area contributed by atoms with Gasteiger partial charge in [-0.05, 0) is 80.5 Å². The second-order valence-corrected chi connectivity index (χ2v) is 10.2. The van der Waals surface area contributed by atoms with Gasteiger partial charge >= 0.3 is 5.97 Å². The number of benzene rings is 1. The van der Waals surface area contributed by atoms with Gasteiger partial charge in [0, 0.05) is 25.5 Å². The molecule has 1 aliphatic carbocycles. The molecule has 0 radical (unpaired) electrons. The third kappa shape index (κ3) is 6.87. The number of aromatic nitrogens is 1. The van der Waals surface area contributed by atoms with E-state index in [1.165, 1.54) is 5.56 Å². The topological polar surface area (TPSA) is 101 Å². The molecule has 1 atom stereocenters. The van der Waals surface area contributed by atoms with E-state index < -0.39 is 17.9 Å². The molecule has 9 heteroatoms. The molecule has 0 bridgehead atoms. The van der Waals surface area contributed by atoms with E-state index in [4.69, 9.17) is 32.9 Å². The van der Waals surface area contributed by atoms with Crippen molar-refractivity contribution >= 4 is 40.9 Å². The molecular formula is C26H31Cl2N3O4. The molecule has 2 aliphatic rings. The van der Waals surface area contributed by atoms with E-state index in [0.717, 1.165) is 56.6 Å². The summed E-state index contributed by atoms with van der Waals surface area (Å²) in [7, 11) is 0. The monoisotopic (exact) mass is 519 g/mol. The van der Waals surface area contributed by atoms with E-state index in [-0.39, 0.29) is 21.5 Å². The molecule has 0 saturated heterocycles. The highest BCUT2D eigenvalue weighted by Gasteiger charge is 2.34. The molecule has 1 saturated carbocycles. The molecule has 188 valence electrons. The van der Waals surface area contributed by atoms with Gasteiger partial charge in [-0.3, -0.25) is 4.79 Å². The Bertz CT molecular complexity index is 1040. The zero-order valence-electron chi connectivity index (χ0n) is 19.6. The molecule has 1 aromatic carbocycles. The molecule has 1 fully saturated rings. The number of carbonyl (C=O) groups excluding carboxylic acids is 1. The fraction of sp³-hybridized carbons (Fsp3) is 0.500. The van der Waals surface area contributed by atoms with Crippen LogP contribution in [0.2, 0.25) is 10.0 Å². The van der Waals surface area contributed by atoms with Crippen molar-refractivity contribution in [2.75, 3.05) is 25.1 Å². The van der Waals surface area contributed by atoms with Crippen molar-refractivity contribution in [3.05, 3.63) is 57.2 Å². The van der Waals surface area contributed by atoms with Gasteiger partial charge in [0.2, 0.25) is 0 Å². The van der Waals surface area contributed by atoms with Gasteiger partial charge in [0.05, 0.1) is 15.6 Å². The third-order valence-corrected chi connectivity index (χ3v) is 7.35. The van der Waals surface area contributed by atoms with Crippen molar-refractivity contribution < 1.29 is 19.4 Å². The SMILES string of the molecule is O=C(NC(CC1CC(COCCCc2ccc3c(n2)NCCC3)C1)C(=O)O)c1c(Cl)cccc1Cl. The van der Waals surface area contributed by atoms with E-state index in [1.807, 2.05) is 0 Å². The number of halogens is 2. The number of carboxylic acid groups (broad SMARTS) is 1. The normalized spacial score (nSPS) is 19.7. The molecule has 4 rings (SSSR count). The highest BCUT2D eigenvalue weighted by Crippen LogP contribution is 2.37. The summed E-state index contributed by atoms with van der Waals surface area (Å²) in [4.78, 5) is 29.0. The first kappa shape index (κ1) is 25.7. The van der Waals surface area contributed by atoms with Crippen LogP contribution in [0.25, 0.3) is 0 Å². The van der Waals surface area contributed by atoms with Crippen LogP contribution < -0.4 is 10.6 Å². The molecule has 1 aromatic heterocycles. The van der Waals surface area contributed by atoms with Crippen LogP contribution in [0.4, 0.5) is 5.82 Å². The summed E-state index contributed by atoms with van der Waals surface area (Å²) < 4.78 is 5.86. The van der Waals surface area contributed by atoms with Gasteiger partial charge < -0.3 is 20.5 Å². The van der Waals surface area contributed by atoms with E-state index >= 15 is 0 Å². The number of carboxylic acids is 1. The Morgan fingerprint density at radius 3 is 2.69 bits per heavy atom. The second kappa shape index (κ2) is 12.1. The van der Waals surface area contributed by atoms with Crippen LogP contribution in [0.5, 0.6) is 0 Å². The van der Waals surface area contributed by atoms with Crippen LogP contribution in [-0.4, -0.2) is 47.8 Å². The number of nitrogens with one attached hydrogen (secondary N) is 2. The van der Waals surface area contributed by atoms with Gasteiger partial charge in [-0.1, -0.05) is 35.3 Å². The molecule has 2 heterocycles. The van der Waals surface area contributed by atoms with E-state index in [2.05, 4.69) is 22.8 Å². The Kier molecular flexibility index (Phi) is 8.87. The number of hydrogen-bond donors (Lipinski definition) is 3. The van der Waals surface area contributed by atoms with Crippen LogP contribution in [0.3, 0.4) is 0 Å². The van der Waals surface area contributed by atoms with Crippen molar-refractivity contribution in [1.29, 1.82) is 0 Å². The largest absolute Gasteiger partial charge is 0.480 e. The van der Waals surface area contributed by atoms with Crippen LogP contribution in [0.15, 0.2) is 30.3 Å². The van der Waals surface area contributed by atoms with E-state index in [1.54, 1.807) is 18.2 Å². The minimum Gasteiger partial charge on any atom is -0.480 e. The summed E-state index contributed by atoms with van der Waals surface area (Å²) in [6.45, 7) is 2.35. The Hall–Kier alpha value is -2.35. The summed E-state index contributed by atoms with van der Waals surface area (Å²) in [5.74, 6) is 0.0535. The molecule has 1 aliphatic heterocycles. The van der Waals surface area contributed by atoms with Gasteiger partial charge in [0.25, 0.3) is 5.91 Å². The zero-order valence-corrected chi connectivity index (χ0v) is 21.1. The second-order valence-electron chi connectivity index (χ2n) is 9.42. The number of fused-ring (bicyclic) bond motifs is 1. The fourth-order valence-electron chi connectivity index (χ4n) is 4.82. The van der Waals surface area contributed by atoms with Gasteiger partial charge in [0.15, 0.2) is 0 Å². The zero-order chi connectivity index (χ0) is 24.8. The molecule has 1 unspecified atom stereocenters. The summed E-state index contributed by atoms with van der Waals surface area (Å²) >= 11 is 12.1. The van der Waals surface area contributed by atoms with E-state index in [0.29, 0.717) is 25.6 Å². The number of ether oxygens (including phenoxy) is 1. The lowest BCUT2D eigenvalue weighted by atomic mass is 9.72. The highest BCUT2D eigenvalue weighted by atomic mass is 35.5. The standard InChI is InChI=1S/C26H31Cl2N3O4/c27-20-6-1-7-21(28)23(20)25(32)31-22(26(33)34)14-16-12-17(13-16)15-35-11-3-5-19-9-8-18-4-2-10-29-24(18)30-19/h1,6-9,16-17,22H,2-5,10-15H2,(H,29,30)(H,31,32)(H,33,34). The number of nitrogens with zero attached hydrogens (tertiary/aromatic N) is 1. The first-order valence-electron chi connectivity index (χ1n) is 12.2. The minimum absolute atomic E-state index is 0.101. The Balaban J connectivity index is 1.14. The van der Waals surface area contributed by atoms with Crippen molar-refractivity contribution in [3.8, 4) is 0 Å². The Morgan fingerprint density at radius 2 is 1.94 bits per heavy atom. The van der Waals surface area contributed by atoms with Crippen molar-refractivity contribution in [1.82, 2.24) is 10.3 Å². The van der Waals surface area contributed by atoms with Gasteiger partial charge in [-0.15, -0.1) is 0 Å². The lowest BCUT2D eigenvalue weighted by Crippen LogP contribution is -2.44. The highest BCUT2D eigenvalue weighted by molar-refractivity contribution is 6.39. The van der Waals surface area contributed by atoms with Crippen LogP contribution in [0, 0.1) is 11.8 Å². The third-order valence-electron chi connectivity index (χ3n) is 6.72. The number of rotatable bonds is 11. The van der Waals surface area contributed by atoms with Crippen LogP contribution in [0.1, 0.15) is 53.7 Å². The maximum Gasteiger partial charge on any atom is 0.326 e. The maximum absolute atomic E-state index is 12.6. The average molecular weight is 520 g/mol. The number of aryl methyl sites for hydroxylation is 2. The van der Waals surface area contributed by atoms with Crippen molar-refractivity contribution in [3.63, 3.8) is 0 Å². The molecule has 0 spiro atoms. The fourth-order valence-corrected chi connectivity index (χ4v) is 5.38. The van der Waals surface area contributed by atoms with Crippen LogP contribution in [-0.2, 0) is 22.4 Å². The van der Waals surface area contributed by atoms with Crippen LogP contribution >= 0.6 is 23.2 Å². The Labute approximate surface area is 215 Å². The smallest absolute Gasteiger partial charge is 0.326 e. The predicted octanol–water partition coefficient (Wildman–Crippen LogP) is 5.00. The minimum atomic E-state index is -1.06. The molecular weight excluding hydrogens is 489 g/mol. The number of carbonyl (C=O) groups is 2. The summed E-state index contributed by atoms with van der Waals surface area (Å²) in [5.41, 5.74) is 2.49. The summed E-state index contributed by atoms with van der Waals surface area (Å²) in [5, 5.41) is 15.9. The number of hydrogen-bond acceptors (Lipinski definition) is 5. The average Bonchev–Trinajstić information content (AvgIpc) is 2.81. The predicted molar refractivity (Wildman–Crippen MR) is 136 cm³/mol. The molecule has 2 aromatic rings. The first-order chi connectivity index (χ1) is 16.9. The van der Waals surface area contributed by atoms with Crippen molar-refractivity contribution in [2.45, 2.75) is 51.0 Å². The molecule has 35 heavy (non-hydrogen) atoms. The molecule has 3 N–H and O–H groups in total. The molecule has 1 amide bonds. The lowest BCUT2D eigenvalue weighted by Gasteiger charge is -2.36.